The molecule has 0 fully saturated rings. The third-order valence-electron chi connectivity index (χ3n) is 4.22. The molecule has 0 bridgehead atoms. The second kappa shape index (κ2) is 6.69. The van der Waals surface area contributed by atoms with Crippen molar-refractivity contribution in [2.45, 2.75) is 13.0 Å². The number of H-pyrrole nitrogens is 1. The second-order valence-corrected chi connectivity index (χ2v) is 6.32. The van der Waals surface area contributed by atoms with Gasteiger partial charge in [0.2, 0.25) is 0 Å². The topological polar surface area (TPSA) is 123 Å². The summed E-state index contributed by atoms with van der Waals surface area (Å²) in [5.74, 6) is -0.233. The lowest BCUT2D eigenvalue weighted by molar-refractivity contribution is 0.0907. The molecule has 0 aromatic carbocycles. The number of carbonyl (C=O) groups excluding carboxylic acids is 1. The number of methoxy groups -OCH3 is 1. The Balaban J connectivity index is 1.74. The first-order valence-electron chi connectivity index (χ1n) is 8.43. The summed E-state index contributed by atoms with van der Waals surface area (Å²) < 4.78 is 6.93. The average Bonchev–Trinajstić information content (AvgIpc) is 3.24. The van der Waals surface area contributed by atoms with Crippen LogP contribution in [0, 0.1) is 0 Å². The number of nitrogens with zero attached hydrogens (tertiary/aromatic N) is 4. The van der Waals surface area contributed by atoms with E-state index in [1.165, 1.54) is 0 Å². The first kappa shape index (κ1) is 17.0. The Hall–Kier alpha value is -3.46. The number of rotatable bonds is 5. The van der Waals surface area contributed by atoms with Gasteiger partial charge < -0.3 is 20.8 Å². The van der Waals surface area contributed by atoms with Crippen LogP contribution in [0.5, 0.6) is 0 Å². The van der Waals surface area contributed by atoms with E-state index in [1.807, 2.05) is 17.5 Å². The molecule has 0 aliphatic carbocycles. The zero-order valence-corrected chi connectivity index (χ0v) is 14.9. The van der Waals surface area contributed by atoms with E-state index < -0.39 is 0 Å². The van der Waals surface area contributed by atoms with Crippen LogP contribution in [-0.4, -0.2) is 50.0 Å². The molecule has 0 aliphatic rings. The molecule has 4 aromatic rings. The van der Waals surface area contributed by atoms with Crippen molar-refractivity contribution in [1.82, 2.24) is 29.7 Å². The van der Waals surface area contributed by atoms with Gasteiger partial charge in [-0.2, -0.15) is 0 Å². The van der Waals surface area contributed by atoms with Crippen molar-refractivity contribution in [3.63, 3.8) is 0 Å². The number of amides is 1. The van der Waals surface area contributed by atoms with E-state index in [-0.39, 0.29) is 11.9 Å². The van der Waals surface area contributed by atoms with Gasteiger partial charge in [0.15, 0.2) is 5.65 Å². The van der Waals surface area contributed by atoms with E-state index in [0.29, 0.717) is 40.4 Å². The van der Waals surface area contributed by atoms with Gasteiger partial charge in [0.05, 0.1) is 30.3 Å². The monoisotopic (exact) mass is 365 g/mol. The molecule has 9 heteroatoms. The number of imidazole rings is 1. The van der Waals surface area contributed by atoms with Gasteiger partial charge in [-0.15, -0.1) is 0 Å². The summed E-state index contributed by atoms with van der Waals surface area (Å²) in [6.07, 6.45) is 6.79. The highest BCUT2D eigenvalue weighted by molar-refractivity contribution is 6.04. The molecule has 4 rings (SSSR count). The van der Waals surface area contributed by atoms with Crippen LogP contribution in [0.3, 0.4) is 0 Å². The Morgan fingerprint density at radius 1 is 1.41 bits per heavy atom. The number of hydrogen-bond acceptors (Lipinski definition) is 6. The average molecular weight is 365 g/mol. The van der Waals surface area contributed by atoms with Crippen molar-refractivity contribution in [1.29, 1.82) is 0 Å². The molecule has 1 amide bonds. The van der Waals surface area contributed by atoms with E-state index in [2.05, 4.69) is 25.3 Å². The number of carbonyl (C=O) groups is 1. The fourth-order valence-corrected chi connectivity index (χ4v) is 2.97. The van der Waals surface area contributed by atoms with Crippen LogP contribution in [0.4, 0.5) is 5.69 Å². The van der Waals surface area contributed by atoms with Gasteiger partial charge in [-0.1, -0.05) is 0 Å². The molecule has 4 aromatic heterocycles. The zero-order chi connectivity index (χ0) is 19.0. The lowest BCUT2D eigenvalue weighted by atomic mass is 10.2. The quantitative estimate of drug-likeness (QED) is 0.494. The van der Waals surface area contributed by atoms with Crippen molar-refractivity contribution in [3.05, 3.63) is 42.5 Å². The number of pyridine rings is 1. The molecule has 1 atom stereocenters. The smallest absolute Gasteiger partial charge is 0.255 e. The minimum atomic E-state index is -0.233. The van der Waals surface area contributed by atoms with E-state index in [1.54, 1.807) is 37.8 Å². The number of ether oxygens (including phenoxy) is 1. The van der Waals surface area contributed by atoms with E-state index in [0.717, 1.165) is 5.69 Å². The summed E-state index contributed by atoms with van der Waals surface area (Å²) in [5.41, 5.74) is 10.0. The number of aromatic nitrogens is 5. The van der Waals surface area contributed by atoms with Crippen LogP contribution in [0.15, 0.2) is 36.9 Å². The number of nitrogens with two attached hydrogens (primary N) is 1. The first-order valence-corrected chi connectivity index (χ1v) is 8.43. The fraction of sp³-hybridized carbons (Fsp3) is 0.222. The highest BCUT2D eigenvalue weighted by Crippen LogP contribution is 2.23. The molecule has 0 spiro atoms. The number of hydrogen-bond donors (Lipinski definition) is 3. The van der Waals surface area contributed by atoms with Gasteiger partial charge in [0, 0.05) is 37.3 Å². The SMILES string of the molecule is COC[C@H](C)NC(=O)c1c[nH]c2ncc(-c3cnc4cc(N)ccn34)nc12. The molecule has 27 heavy (non-hydrogen) atoms. The molecule has 9 nitrogen and oxygen atoms in total. The van der Waals surface area contributed by atoms with Crippen LogP contribution in [0.25, 0.3) is 28.2 Å². The summed E-state index contributed by atoms with van der Waals surface area (Å²) >= 11 is 0. The Labute approximate surface area is 154 Å². The Kier molecular flexibility index (Phi) is 4.21. The van der Waals surface area contributed by atoms with E-state index in [4.69, 9.17) is 10.5 Å². The van der Waals surface area contributed by atoms with Gasteiger partial charge in [-0.3, -0.25) is 9.20 Å². The lowest BCUT2D eigenvalue weighted by Crippen LogP contribution is -2.35. The van der Waals surface area contributed by atoms with Gasteiger partial charge in [0.1, 0.15) is 16.9 Å². The Morgan fingerprint density at radius 2 is 2.26 bits per heavy atom. The van der Waals surface area contributed by atoms with Gasteiger partial charge in [0.25, 0.3) is 5.91 Å². The summed E-state index contributed by atoms with van der Waals surface area (Å²) in [4.78, 5) is 28.9. The normalized spacial score (nSPS) is 12.5. The first-order chi connectivity index (χ1) is 13.1. The van der Waals surface area contributed by atoms with Crippen molar-refractivity contribution < 1.29 is 9.53 Å². The molecule has 138 valence electrons. The minimum absolute atomic E-state index is 0.118. The van der Waals surface area contributed by atoms with Crippen molar-refractivity contribution >= 4 is 28.4 Å². The number of anilines is 1. The molecular weight excluding hydrogens is 346 g/mol. The number of fused-ring (bicyclic) bond motifs is 2. The van der Waals surface area contributed by atoms with Crippen LogP contribution >= 0.6 is 0 Å². The molecular formula is C18H19N7O2. The molecule has 0 unspecified atom stereocenters. The largest absolute Gasteiger partial charge is 0.399 e. The minimum Gasteiger partial charge on any atom is -0.399 e. The molecule has 0 radical (unpaired) electrons. The zero-order valence-electron chi connectivity index (χ0n) is 14.9. The summed E-state index contributed by atoms with van der Waals surface area (Å²) in [6.45, 7) is 2.30. The van der Waals surface area contributed by atoms with Gasteiger partial charge in [-0.25, -0.2) is 15.0 Å². The summed E-state index contributed by atoms with van der Waals surface area (Å²) in [5, 5.41) is 2.88. The fourth-order valence-electron chi connectivity index (χ4n) is 2.97. The highest BCUT2D eigenvalue weighted by atomic mass is 16.5. The molecule has 4 N–H and O–H groups in total. The number of nitrogen functional groups attached to an aromatic ring is 1. The van der Waals surface area contributed by atoms with Crippen LogP contribution < -0.4 is 11.1 Å². The maximum atomic E-state index is 12.6. The van der Waals surface area contributed by atoms with Crippen molar-refractivity contribution in [2.24, 2.45) is 0 Å². The summed E-state index contributed by atoms with van der Waals surface area (Å²) in [7, 11) is 1.59. The van der Waals surface area contributed by atoms with Crippen LogP contribution in [0.1, 0.15) is 17.3 Å². The predicted octanol–water partition coefficient (Wildman–Crippen LogP) is 1.62. The number of aromatic amines is 1. The standard InChI is InChI=1S/C18H19N7O2/c1-10(9-27-2)23-18(26)12-6-21-17-16(12)24-13(7-22-17)14-8-20-15-5-11(19)3-4-25(14)15/h3-8,10H,9,19H2,1-2H3,(H,21,22)(H,23,26)/t10-/m0/s1. The van der Waals surface area contributed by atoms with Gasteiger partial charge >= 0.3 is 0 Å². The van der Waals surface area contributed by atoms with E-state index in [9.17, 15) is 4.79 Å². The molecule has 0 aliphatic heterocycles. The Bertz CT molecular complexity index is 1130. The predicted molar refractivity (Wildman–Crippen MR) is 101 cm³/mol. The Morgan fingerprint density at radius 3 is 3.07 bits per heavy atom. The lowest BCUT2D eigenvalue weighted by Gasteiger charge is -2.11. The molecule has 0 saturated carbocycles. The maximum Gasteiger partial charge on any atom is 0.255 e. The molecule has 4 heterocycles. The maximum absolute atomic E-state index is 12.6. The second-order valence-electron chi connectivity index (χ2n) is 6.32. The van der Waals surface area contributed by atoms with Crippen LogP contribution in [0.2, 0.25) is 0 Å². The summed E-state index contributed by atoms with van der Waals surface area (Å²) in [6, 6.07) is 3.45. The third kappa shape index (κ3) is 3.08. The van der Waals surface area contributed by atoms with Crippen molar-refractivity contribution in [3.8, 4) is 11.4 Å². The van der Waals surface area contributed by atoms with Gasteiger partial charge in [-0.05, 0) is 13.0 Å². The third-order valence-corrected chi connectivity index (χ3v) is 4.22. The number of nitrogens with one attached hydrogen (secondary N) is 2. The van der Waals surface area contributed by atoms with E-state index >= 15 is 0 Å². The highest BCUT2D eigenvalue weighted by Gasteiger charge is 2.18. The molecule has 0 saturated heterocycles. The van der Waals surface area contributed by atoms with Crippen molar-refractivity contribution in [2.75, 3.05) is 19.5 Å². The van der Waals surface area contributed by atoms with Crippen LogP contribution in [-0.2, 0) is 4.74 Å².